The summed E-state index contributed by atoms with van der Waals surface area (Å²) in [5.41, 5.74) is 4.81. The number of para-hydroxylation sites is 1. The molecule has 4 rings (SSSR count). The van der Waals surface area contributed by atoms with Gasteiger partial charge in [-0.25, -0.2) is 4.68 Å². The molecule has 2 heterocycles. The fourth-order valence-electron chi connectivity index (χ4n) is 2.97. The van der Waals surface area contributed by atoms with Gasteiger partial charge in [0.2, 0.25) is 0 Å². The summed E-state index contributed by atoms with van der Waals surface area (Å²) in [6.07, 6.45) is 5.03. The van der Waals surface area contributed by atoms with Crippen LogP contribution in [0.3, 0.4) is 0 Å². The van der Waals surface area contributed by atoms with Crippen LogP contribution in [0, 0.1) is 6.92 Å². The van der Waals surface area contributed by atoms with Gasteiger partial charge in [-0.2, -0.15) is 5.10 Å². The molecular weight excluding hydrogens is 298 g/mol. The van der Waals surface area contributed by atoms with Gasteiger partial charge in [0, 0.05) is 28.7 Å². The molecule has 0 aliphatic carbocycles. The van der Waals surface area contributed by atoms with Gasteiger partial charge in [-0.1, -0.05) is 48.5 Å². The highest BCUT2D eigenvalue weighted by Crippen LogP contribution is 2.25. The van der Waals surface area contributed by atoms with Crippen molar-refractivity contribution in [3.8, 4) is 0 Å². The molecule has 24 heavy (non-hydrogen) atoms. The maximum Gasteiger partial charge on any atom is 0.141 e. The van der Waals surface area contributed by atoms with Crippen LogP contribution in [0.25, 0.3) is 10.9 Å². The van der Waals surface area contributed by atoms with Gasteiger partial charge in [0.05, 0.1) is 6.21 Å². The molecular formula is C19H17N5. The molecule has 5 heteroatoms. The van der Waals surface area contributed by atoms with Crippen molar-refractivity contribution in [2.45, 2.75) is 13.5 Å². The monoisotopic (exact) mass is 315 g/mol. The Morgan fingerprint density at radius 3 is 2.46 bits per heavy atom. The first kappa shape index (κ1) is 14.4. The van der Waals surface area contributed by atoms with Gasteiger partial charge in [-0.3, -0.25) is 0 Å². The Hall–Kier alpha value is -3.21. The van der Waals surface area contributed by atoms with Crippen LogP contribution in [0.4, 0.5) is 0 Å². The second kappa shape index (κ2) is 6.12. The van der Waals surface area contributed by atoms with E-state index in [1.807, 2.05) is 12.3 Å². The van der Waals surface area contributed by atoms with E-state index < -0.39 is 0 Å². The van der Waals surface area contributed by atoms with E-state index in [4.69, 9.17) is 0 Å². The van der Waals surface area contributed by atoms with Crippen LogP contribution in [0.5, 0.6) is 0 Å². The summed E-state index contributed by atoms with van der Waals surface area (Å²) >= 11 is 0. The topological polar surface area (TPSA) is 48.0 Å². The maximum absolute atomic E-state index is 4.42. The van der Waals surface area contributed by atoms with E-state index in [2.05, 4.69) is 75.3 Å². The summed E-state index contributed by atoms with van der Waals surface area (Å²) in [4.78, 5) is 0. The Balaban J connectivity index is 1.81. The van der Waals surface area contributed by atoms with Crippen molar-refractivity contribution in [2.75, 3.05) is 0 Å². The van der Waals surface area contributed by atoms with Crippen LogP contribution >= 0.6 is 0 Å². The number of aromatic nitrogens is 4. The summed E-state index contributed by atoms with van der Waals surface area (Å²) in [6.45, 7) is 2.98. The molecule has 2 aromatic carbocycles. The molecule has 0 fully saturated rings. The maximum atomic E-state index is 4.42. The Morgan fingerprint density at radius 1 is 0.958 bits per heavy atom. The Labute approximate surface area is 139 Å². The molecule has 0 saturated heterocycles. The van der Waals surface area contributed by atoms with E-state index in [1.54, 1.807) is 17.3 Å². The number of nitrogens with zero attached hydrogens (tertiary/aromatic N) is 5. The van der Waals surface area contributed by atoms with Gasteiger partial charge in [0.15, 0.2) is 0 Å². The zero-order valence-corrected chi connectivity index (χ0v) is 13.4. The lowest BCUT2D eigenvalue weighted by atomic mass is 10.1. The average Bonchev–Trinajstić information content (AvgIpc) is 3.22. The van der Waals surface area contributed by atoms with Gasteiger partial charge < -0.3 is 4.57 Å². The molecule has 0 aliphatic rings. The Bertz CT molecular complexity index is 981. The summed E-state index contributed by atoms with van der Waals surface area (Å²) in [7, 11) is 0. The highest BCUT2D eigenvalue weighted by Gasteiger charge is 2.12. The Kier molecular flexibility index (Phi) is 3.67. The minimum atomic E-state index is 0.841. The van der Waals surface area contributed by atoms with E-state index in [0.29, 0.717) is 0 Å². The van der Waals surface area contributed by atoms with E-state index >= 15 is 0 Å². The number of hydrogen-bond donors (Lipinski definition) is 0. The van der Waals surface area contributed by atoms with Crippen molar-refractivity contribution in [1.29, 1.82) is 0 Å². The molecule has 0 atom stereocenters. The molecule has 0 unspecified atom stereocenters. The first-order chi connectivity index (χ1) is 11.8. The lowest BCUT2D eigenvalue weighted by Gasteiger charge is -2.08. The van der Waals surface area contributed by atoms with Gasteiger partial charge in [0.1, 0.15) is 12.7 Å². The lowest BCUT2D eigenvalue weighted by Crippen LogP contribution is -2.02. The smallest absolute Gasteiger partial charge is 0.141 e. The standard InChI is InChI=1S/C19H17N5/c1-15-18(11-22-23-13-20-21-14-23)17-9-5-6-10-19(17)24(15)12-16-7-3-2-4-8-16/h2-11,13-14H,12H2,1H3/b22-11-. The minimum Gasteiger partial charge on any atom is -0.340 e. The van der Waals surface area contributed by atoms with Crippen molar-refractivity contribution in [3.05, 3.63) is 84.1 Å². The normalized spacial score (nSPS) is 11.5. The molecule has 2 aromatic heterocycles. The zero-order chi connectivity index (χ0) is 16.4. The minimum absolute atomic E-state index is 0.841. The van der Waals surface area contributed by atoms with Crippen molar-refractivity contribution >= 4 is 17.1 Å². The van der Waals surface area contributed by atoms with Crippen LogP contribution in [-0.2, 0) is 6.54 Å². The molecule has 0 aliphatic heterocycles. The largest absolute Gasteiger partial charge is 0.340 e. The summed E-state index contributed by atoms with van der Waals surface area (Å²) in [5, 5.41) is 13.2. The molecule has 0 radical (unpaired) electrons. The SMILES string of the molecule is Cc1c(/C=N\n2cnnc2)c2ccccc2n1Cc1ccccc1. The number of hydrogen-bond acceptors (Lipinski definition) is 3. The third-order valence-corrected chi connectivity index (χ3v) is 4.19. The average molecular weight is 315 g/mol. The predicted molar refractivity (Wildman–Crippen MR) is 95.2 cm³/mol. The summed E-state index contributed by atoms with van der Waals surface area (Å²) in [5.74, 6) is 0. The molecule has 4 aromatic rings. The highest BCUT2D eigenvalue weighted by atomic mass is 15.4. The molecule has 0 saturated carbocycles. The number of benzene rings is 2. The van der Waals surface area contributed by atoms with Crippen molar-refractivity contribution in [2.24, 2.45) is 5.10 Å². The van der Waals surface area contributed by atoms with E-state index in [-0.39, 0.29) is 0 Å². The third-order valence-electron chi connectivity index (χ3n) is 4.19. The van der Waals surface area contributed by atoms with Gasteiger partial charge in [-0.15, -0.1) is 10.2 Å². The quantitative estimate of drug-likeness (QED) is 0.541. The van der Waals surface area contributed by atoms with Gasteiger partial charge >= 0.3 is 0 Å². The molecule has 118 valence electrons. The second-order valence-electron chi connectivity index (χ2n) is 5.67. The number of rotatable bonds is 4. The highest BCUT2D eigenvalue weighted by molar-refractivity contribution is 6.01. The van der Waals surface area contributed by atoms with E-state index in [1.165, 1.54) is 22.2 Å². The Morgan fingerprint density at radius 2 is 1.67 bits per heavy atom. The van der Waals surface area contributed by atoms with Crippen molar-refractivity contribution < 1.29 is 0 Å². The molecule has 0 spiro atoms. The van der Waals surface area contributed by atoms with Crippen LogP contribution in [0.1, 0.15) is 16.8 Å². The fourth-order valence-corrected chi connectivity index (χ4v) is 2.97. The third kappa shape index (κ3) is 2.60. The van der Waals surface area contributed by atoms with Crippen LogP contribution in [-0.4, -0.2) is 25.7 Å². The first-order valence-corrected chi connectivity index (χ1v) is 7.83. The second-order valence-corrected chi connectivity index (χ2v) is 5.67. The molecule has 0 amide bonds. The first-order valence-electron chi connectivity index (χ1n) is 7.83. The van der Waals surface area contributed by atoms with Gasteiger partial charge in [-0.05, 0) is 18.6 Å². The van der Waals surface area contributed by atoms with Gasteiger partial charge in [0.25, 0.3) is 0 Å². The van der Waals surface area contributed by atoms with Crippen LogP contribution in [0.2, 0.25) is 0 Å². The van der Waals surface area contributed by atoms with Crippen molar-refractivity contribution in [3.63, 3.8) is 0 Å². The number of fused-ring (bicyclic) bond motifs is 1. The summed E-state index contributed by atoms with van der Waals surface area (Å²) in [6, 6.07) is 18.9. The van der Waals surface area contributed by atoms with Crippen LogP contribution in [0.15, 0.2) is 72.4 Å². The summed E-state index contributed by atoms with van der Waals surface area (Å²) < 4.78 is 3.93. The fraction of sp³-hybridized carbons (Fsp3) is 0.105. The van der Waals surface area contributed by atoms with E-state index in [9.17, 15) is 0 Å². The lowest BCUT2D eigenvalue weighted by molar-refractivity contribution is 0.803. The molecule has 5 nitrogen and oxygen atoms in total. The van der Waals surface area contributed by atoms with Crippen LogP contribution < -0.4 is 0 Å². The molecule has 0 bridgehead atoms. The van der Waals surface area contributed by atoms with Crippen molar-refractivity contribution in [1.82, 2.24) is 19.4 Å². The predicted octanol–water partition coefficient (Wildman–Crippen LogP) is 3.47. The molecule has 0 N–H and O–H groups in total. The van der Waals surface area contributed by atoms with E-state index in [0.717, 1.165) is 12.1 Å². The zero-order valence-electron chi connectivity index (χ0n) is 13.4.